The predicted molar refractivity (Wildman–Crippen MR) is 108 cm³/mol. The Labute approximate surface area is 163 Å². The van der Waals surface area contributed by atoms with Crippen molar-refractivity contribution in [3.05, 3.63) is 99.5 Å². The number of rotatable bonds is 7. The number of benzene rings is 3. The van der Waals surface area contributed by atoms with Crippen LogP contribution in [0, 0.1) is 0 Å². The Morgan fingerprint density at radius 2 is 1.54 bits per heavy atom. The summed E-state index contributed by atoms with van der Waals surface area (Å²) in [7, 11) is 0. The first-order chi connectivity index (χ1) is 12.7. The summed E-state index contributed by atoms with van der Waals surface area (Å²) in [6.07, 6.45) is 1.73. The summed E-state index contributed by atoms with van der Waals surface area (Å²) in [5.41, 5.74) is 5.81. The van der Waals surface area contributed by atoms with Crippen LogP contribution in [-0.2, 0) is 13.2 Å². The van der Waals surface area contributed by atoms with Gasteiger partial charge in [-0.25, -0.2) is 0 Å². The number of hydrogen-bond acceptors (Lipinski definition) is 3. The lowest BCUT2D eigenvalue weighted by Crippen LogP contribution is -2.07. The van der Waals surface area contributed by atoms with Gasteiger partial charge in [0.1, 0.15) is 12.4 Å². The highest BCUT2D eigenvalue weighted by molar-refractivity contribution is 6.35. The fourth-order valence-electron chi connectivity index (χ4n) is 2.40. The Morgan fingerprint density at radius 1 is 0.846 bits per heavy atom. The molecule has 3 aromatic rings. The number of ether oxygens (including phenoxy) is 1. The maximum absolute atomic E-state index is 6.15. The van der Waals surface area contributed by atoms with E-state index in [1.165, 1.54) is 0 Å². The summed E-state index contributed by atoms with van der Waals surface area (Å²) >= 11 is 12.3. The van der Waals surface area contributed by atoms with E-state index in [0.717, 1.165) is 22.4 Å². The summed E-state index contributed by atoms with van der Waals surface area (Å²) < 4.78 is 5.92. The van der Waals surface area contributed by atoms with E-state index in [0.29, 0.717) is 23.2 Å². The van der Waals surface area contributed by atoms with Gasteiger partial charge in [-0.3, -0.25) is 0 Å². The van der Waals surface area contributed by atoms with Gasteiger partial charge in [0.2, 0.25) is 0 Å². The van der Waals surface area contributed by atoms with Gasteiger partial charge < -0.3 is 10.2 Å². The lowest BCUT2D eigenvalue weighted by Gasteiger charge is -2.09. The molecule has 0 aromatic heterocycles. The van der Waals surface area contributed by atoms with Crippen LogP contribution in [0.3, 0.4) is 0 Å². The van der Waals surface area contributed by atoms with Crippen LogP contribution >= 0.6 is 23.2 Å². The summed E-state index contributed by atoms with van der Waals surface area (Å²) in [5.74, 6) is 0.776. The van der Waals surface area contributed by atoms with Crippen molar-refractivity contribution < 1.29 is 4.74 Å². The quantitative estimate of drug-likeness (QED) is 0.418. The van der Waals surface area contributed by atoms with Gasteiger partial charge in [-0.15, -0.1) is 0 Å². The molecule has 0 unspecified atom stereocenters. The average molecular weight is 385 g/mol. The minimum Gasteiger partial charge on any atom is -0.488 e. The topological polar surface area (TPSA) is 33.6 Å². The first-order valence-electron chi connectivity index (χ1n) is 8.18. The predicted octanol–water partition coefficient (Wildman–Crippen LogP) is 5.70. The Balaban J connectivity index is 1.62. The molecule has 132 valence electrons. The van der Waals surface area contributed by atoms with Crippen molar-refractivity contribution >= 4 is 29.4 Å². The van der Waals surface area contributed by atoms with Crippen LogP contribution in [0.5, 0.6) is 5.75 Å². The zero-order valence-electron chi connectivity index (χ0n) is 14.0. The summed E-state index contributed by atoms with van der Waals surface area (Å²) in [5, 5.41) is 5.50. The molecule has 3 rings (SSSR count). The highest BCUT2D eigenvalue weighted by Gasteiger charge is 2.04. The molecule has 0 saturated heterocycles. The van der Waals surface area contributed by atoms with Crippen molar-refractivity contribution in [2.45, 2.75) is 13.2 Å². The lowest BCUT2D eigenvalue weighted by atomic mass is 10.2. The molecule has 3 aromatic carbocycles. The maximum atomic E-state index is 6.15. The highest BCUT2D eigenvalue weighted by Crippen LogP contribution is 2.24. The standard InChI is InChI=1S/C21H18Cl2N2O/c22-19-10-6-11-20(23)18(19)14-25-24-13-17-9-4-5-12-21(17)26-15-16-7-2-1-3-8-16/h1-13,25H,14-15H2/b24-13+. The van der Waals surface area contributed by atoms with E-state index in [1.807, 2.05) is 60.7 Å². The van der Waals surface area contributed by atoms with E-state index in [1.54, 1.807) is 18.3 Å². The minimum absolute atomic E-state index is 0.446. The van der Waals surface area contributed by atoms with Crippen molar-refractivity contribution in [3.8, 4) is 5.75 Å². The summed E-state index contributed by atoms with van der Waals surface area (Å²) in [6, 6.07) is 23.2. The second-order valence-corrected chi connectivity index (χ2v) is 6.42. The Kier molecular flexibility index (Phi) is 6.53. The Morgan fingerprint density at radius 3 is 2.31 bits per heavy atom. The summed E-state index contributed by atoms with van der Waals surface area (Å²) in [6.45, 7) is 0.955. The third-order valence-electron chi connectivity index (χ3n) is 3.77. The molecule has 0 spiro atoms. The van der Waals surface area contributed by atoms with Crippen molar-refractivity contribution in [3.63, 3.8) is 0 Å². The fraction of sp³-hybridized carbons (Fsp3) is 0.0952. The van der Waals surface area contributed by atoms with Crippen molar-refractivity contribution in [2.24, 2.45) is 5.10 Å². The first-order valence-corrected chi connectivity index (χ1v) is 8.94. The molecular formula is C21H18Cl2N2O. The molecule has 3 nitrogen and oxygen atoms in total. The number of hydrazone groups is 1. The number of para-hydroxylation sites is 1. The van der Waals surface area contributed by atoms with E-state index < -0.39 is 0 Å². The van der Waals surface area contributed by atoms with E-state index in [9.17, 15) is 0 Å². The normalized spacial score (nSPS) is 10.8. The molecule has 0 aliphatic rings. The molecule has 0 saturated carbocycles. The van der Waals surface area contributed by atoms with Gasteiger partial charge in [-0.1, -0.05) is 71.7 Å². The Bertz CT molecular complexity index is 862. The fourth-order valence-corrected chi connectivity index (χ4v) is 2.93. The number of halogens is 2. The lowest BCUT2D eigenvalue weighted by molar-refractivity contribution is 0.306. The van der Waals surface area contributed by atoms with Gasteiger partial charge in [-0.05, 0) is 29.8 Å². The monoisotopic (exact) mass is 384 g/mol. The van der Waals surface area contributed by atoms with Gasteiger partial charge in [0.15, 0.2) is 0 Å². The van der Waals surface area contributed by atoms with Crippen LogP contribution < -0.4 is 10.2 Å². The van der Waals surface area contributed by atoms with Crippen molar-refractivity contribution in [1.82, 2.24) is 5.43 Å². The van der Waals surface area contributed by atoms with Crippen molar-refractivity contribution in [1.29, 1.82) is 0 Å². The van der Waals surface area contributed by atoms with E-state index >= 15 is 0 Å². The number of nitrogens with one attached hydrogen (secondary N) is 1. The molecule has 5 heteroatoms. The SMILES string of the molecule is Clc1cccc(Cl)c1CN/N=C/c1ccccc1OCc1ccccc1. The molecule has 0 bridgehead atoms. The third kappa shape index (κ3) is 5.01. The van der Waals surface area contributed by atoms with Crippen LogP contribution in [0.15, 0.2) is 77.9 Å². The van der Waals surface area contributed by atoms with Gasteiger partial charge >= 0.3 is 0 Å². The zero-order valence-corrected chi connectivity index (χ0v) is 15.5. The summed E-state index contributed by atoms with van der Waals surface area (Å²) in [4.78, 5) is 0. The molecule has 0 amide bonds. The molecule has 26 heavy (non-hydrogen) atoms. The molecule has 0 heterocycles. The Hall–Kier alpha value is -2.49. The van der Waals surface area contributed by atoms with Crippen LogP contribution in [0.25, 0.3) is 0 Å². The van der Waals surface area contributed by atoms with Crippen LogP contribution in [0.2, 0.25) is 10.0 Å². The van der Waals surface area contributed by atoms with Gasteiger partial charge in [0, 0.05) is 21.2 Å². The van der Waals surface area contributed by atoms with Crippen LogP contribution in [0.1, 0.15) is 16.7 Å². The molecule has 1 N–H and O–H groups in total. The second-order valence-electron chi connectivity index (χ2n) is 5.61. The van der Waals surface area contributed by atoms with E-state index in [-0.39, 0.29) is 0 Å². The average Bonchev–Trinajstić information content (AvgIpc) is 2.67. The second kappa shape index (κ2) is 9.27. The molecule has 0 aliphatic heterocycles. The number of hydrogen-bond donors (Lipinski definition) is 1. The minimum atomic E-state index is 0.446. The van der Waals surface area contributed by atoms with Gasteiger partial charge in [-0.2, -0.15) is 5.10 Å². The first kappa shape index (κ1) is 18.3. The zero-order chi connectivity index (χ0) is 18.2. The molecule has 0 fully saturated rings. The maximum Gasteiger partial charge on any atom is 0.128 e. The molecular weight excluding hydrogens is 367 g/mol. The van der Waals surface area contributed by atoms with Gasteiger partial charge in [0.25, 0.3) is 0 Å². The van der Waals surface area contributed by atoms with Crippen molar-refractivity contribution in [2.75, 3.05) is 0 Å². The van der Waals surface area contributed by atoms with E-state index in [4.69, 9.17) is 27.9 Å². The smallest absolute Gasteiger partial charge is 0.128 e. The van der Waals surface area contributed by atoms with Crippen LogP contribution in [0.4, 0.5) is 0 Å². The highest BCUT2D eigenvalue weighted by atomic mass is 35.5. The van der Waals surface area contributed by atoms with Crippen LogP contribution in [-0.4, -0.2) is 6.21 Å². The number of nitrogens with zero attached hydrogens (tertiary/aromatic N) is 1. The van der Waals surface area contributed by atoms with E-state index in [2.05, 4.69) is 10.5 Å². The third-order valence-corrected chi connectivity index (χ3v) is 4.48. The molecule has 0 aliphatic carbocycles. The molecule has 0 radical (unpaired) electrons. The van der Waals surface area contributed by atoms with Gasteiger partial charge in [0.05, 0.1) is 12.8 Å². The molecule has 0 atom stereocenters. The largest absolute Gasteiger partial charge is 0.488 e.